The van der Waals surface area contributed by atoms with Crippen molar-refractivity contribution in [3.05, 3.63) is 35.4 Å². The first kappa shape index (κ1) is 15.1. The van der Waals surface area contributed by atoms with Gasteiger partial charge in [0.1, 0.15) is 0 Å². The van der Waals surface area contributed by atoms with Gasteiger partial charge < -0.3 is 0 Å². The molecule has 0 amide bonds. The Hall–Kier alpha value is -0.820. The molecule has 2 bridgehead atoms. The predicted octanol–water partition coefficient (Wildman–Crippen LogP) is 4.79. The normalized spacial score (nSPS) is 32.0. The Morgan fingerprint density at radius 1 is 1.19 bits per heavy atom. The molecule has 1 heterocycles. The second kappa shape index (κ2) is 6.12. The number of benzene rings is 1. The van der Waals surface area contributed by atoms with Gasteiger partial charge in [-0.15, -0.1) is 0 Å². The first-order valence-electron chi connectivity index (χ1n) is 8.99. The van der Waals surface area contributed by atoms with Crippen LogP contribution in [0.25, 0.3) is 0 Å². The topological polar surface area (TPSA) is 3.24 Å². The molecule has 116 valence electrons. The summed E-state index contributed by atoms with van der Waals surface area (Å²) < 4.78 is 0. The zero-order valence-electron chi connectivity index (χ0n) is 14.1. The fraction of sp³-hybridized carbons (Fsp3) is 0.700. The highest BCUT2D eigenvalue weighted by Crippen LogP contribution is 2.48. The number of unbranched alkanes of at least 4 members (excludes halogenated alkanes) is 3. The Kier molecular flexibility index (Phi) is 4.40. The van der Waals surface area contributed by atoms with E-state index in [9.17, 15) is 0 Å². The summed E-state index contributed by atoms with van der Waals surface area (Å²) in [5.41, 5.74) is 3.65. The number of rotatable bonds is 5. The van der Waals surface area contributed by atoms with Crippen molar-refractivity contribution in [1.29, 1.82) is 0 Å². The molecule has 1 aromatic carbocycles. The van der Waals surface area contributed by atoms with Crippen LogP contribution in [0.3, 0.4) is 0 Å². The minimum absolute atomic E-state index is 0.402. The number of fused-ring (bicyclic) bond motifs is 4. The molecule has 0 aromatic heterocycles. The van der Waals surface area contributed by atoms with Crippen LogP contribution in [0.5, 0.6) is 0 Å². The summed E-state index contributed by atoms with van der Waals surface area (Å²) in [4.78, 5) is 2.80. The monoisotopic (exact) mass is 285 g/mol. The third-order valence-corrected chi connectivity index (χ3v) is 6.33. The largest absolute Gasteiger partial charge is 0.300 e. The zero-order chi connectivity index (χ0) is 14.9. The van der Waals surface area contributed by atoms with E-state index in [0.717, 1.165) is 12.0 Å². The predicted molar refractivity (Wildman–Crippen MR) is 90.8 cm³/mol. The summed E-state index contributed by atoms with van der Waals surface area (Å²) in [6.07, 6.45) is 8.12. The first-order valence-corrected chi connectivity index (χ1v) is 8.99. The average Bonchev–Trinajstić information content (AvgIpc) is 2.49. The van der Waals surface area contributed by atoms with Gasteiger partial charge in [-0.25, -0.2) is 0 Å². The molecule has 21 heavy (non-hydrogen) atoms. The summed E-state index contributed by atoms with van der Waals surface area (Å²) in [5, 5.41) is 0. The summed E-state index contributed by atoms with van der Waals surface area (Å²) in [7, 11) is 0. The van der Waals surface area contributed by atoms with E-state index in [-0.39, 0.29) is 0 Å². The van der Waals surface area contributed by atoms with Crippen LogP contribution in [0.1, 0.15) is 64.0 Å². The Morgan fingerprint density at radius 2 is 2.00 bits per heavy atom. The molecule has 1 nitrogen and oxygen atoms in total. The third kappa shape index (κ3) is 2.65. The van der Waals surface area contributed by atoms with Gasteiger partial charge >= 0.3 is 0 Å². The average molecular weight is 285 g/mol. The number of likely N-dealkylation sites (tertiary alicyclic amines) is 1. The van der Waals surface area contributed by atoms with Gasteiger partial charge in [0.05, 0.1) is 0 Å². The molecule has 0 saturated carbocycles. The molecule has 1 saturated heterocycles. The SMILES string of the molecule is CCCCCCN1CCC2(C)c3ccccc3CC1C2C. The van der Waals surface area contributed by atoms with Gasteiger partial charge in [-0.1, -0.05) is 64.3 Å². The fourth-order valence-corrected chi connectivity index (χ4v) is 4.70. The van der Waals surface area contributed by atoms with Gasteiger partial charge in [-0.3, -0.25) is 4.90 Å². The van der Waals surface area contributed by atoms with Crippen LogP contribution in [0, 0.1) is 5.92 Å². The minimum atomic E-state index is 0.402. The van der Waals surface area contributed by atoms with Crippen molar-refractivity contribution in [2.75, 3.05) is 13.1 Å². The maximum Gasteiger partial charge on any atom is 0.0170 e. The van der Waals surface area contributed by atoms with Gasteiger partial charge in [0, 0.05) is 6.04 Å². The van der Waals surface area contributed by atoms with Crippen LogP contribution in [0.15, 0.2) is 24.3 Å². The van der Waals surface area contributed by atoms with E-state index in [2.05, 4.69) is 49.9 Å². The highest BCUT2D eigenvalue weighted by Gasteiger charge is 2.47. The maximum absolute atomic E-state index is 2.80. The Bertz CT molecular complexity index is 480. The lowest BCUT2D eigenvalue weighted by molar-refractivity contribution is 0.0304. The summed E-state index contributed by atoms with van der Waals surface area (Å²) in [6.45, 7) is 9.92. The van der Waals surface area contributed by atoms with Crippen molar-refractivity contribution in [2.45, 2.75) is 70.8 Å². The third-order valence-electron chi connectivity index (χ3n) is 6.33. The Labute approximate surface area is 130 Å². The molecule has 1 heteroatoms. The molecule has 3 rings (SSSR count). The first-order chi connectivity index (χ1) is 10.2. The smallest absolute Gasteiger partial charge is 0.0170 e. The molecule has 2 aliphatic rings. The van der Waals surface area contributed by atoms with Crippen molar-refractivity contribution in [3.63, 3.8) is 0 Å². The lowest BCUT2D eigenvalue weighted by Gasteiger charge is -2.54. The molecule has 1 aliphatic carbocycles. The van der Waals surface area contributed by atoms with Crippen LogP contribution in [-0.4, -0.2) is 24.0 Å². The highest BCUT2D eigenvalue weighted by atomic mass is 15.2. The lowest BCUT2D eigenvalue weighted by atomic mass is 9.59. The zero-order valence-corrected chi connectivity index (χ0v) is 14.1. The maximum atomic E-state index is 2.80. The molecule has 0 N–H and O–H groups in total. The van der Waals surface area contributed by atoms with E-state index >= 15 is 0 Å². The van der Waals surface area contributed by atoms with Crippen molar-refractivity contribution in [2.24, 2.45) is 5.92 Å². The van der Waals surface area contributed by atoms with Crippen LogP contribution in [-0.2, 0) is 11.8 Å². The van der Waals surface area contributed by atoms with E-state index in [1.807, 2.05) is 0 Å². The Morgan fingerprint density at radius 3 is 2.81 bits per heavy atom. The number of nitrogens with zero attached hydrogens (tertiary/aromatic N) is 1. The molecular weight excluding hydrogens is 254 g/mol. The van der Waals surface area contributed by atoms with Crippen molar-refractivity contribution < 1.29 is 0 Å². The molecule has 0 spiro atoms. The Balaban J connectivity index is 1.76. The number of hydrogen-bond donors (Lipinski definition) is 0. The van der Waals surface area contributed by atoms with Crippen LogP contribution in [0.4, 0.5) is 0 Å². The minimum Gasteiger partial charge on any atom is -0.300 e. The van der Waals surface area contributed by atoms with Gasteiger partial charge in [0.2, 0.25) is 0 Å². The molecule has 1 aliphatic heterocycles. The van der Waals surface area contributed by atoms with Crippen molar-refractivity contribution >= 4 is 0 Å². The van der Waals surface area contributed by atoms with Crippen molar-refractivity contribution in [1.82, 2.24) is 4.90 Å². The van der Waals surface area contributed by atoms with E-state index in [0.29, 0.717) is 5.41 Å². The second-order valence-electron chi connectivity index (χ2n) is 7.48. The van der Waals surface area contributed by atoms with Gasteiger partial charge in [-0.2, -0.15) is 0 Å². The summed E-state index contributed by atoms with van der Waals surface area (Å²) in [5.74, 6) is 0.785. The molecule has 1 fully saturated rings. The van der Waals surface area contributed by atoms with Gasteiger partial charge in [-0.05, 0) is 54.8 Å². The standard InChI is InChI=1S/C20H31N/c1-4-5-6-9-13-21-14-12-20(3)16(2)19(21)15-17-10-7-8-11-18(17)20/h7-8,10-11,16,19H,4-6,9,12-15H2,1-3H3. The van der Waals surface area contributed by atoms with Gasteiger partial charge in [0.25, 0.3) is 0 Å². The van der Waals surface area contributed by atoms with Crippen LogP contribution in [0.2, 0.25) is 0 Å². The van der Waals surface area contributed by atoms with Crippen LogP contribution >= 0.6 is 0 Å². The van der Waals surface area contributed by atoms with Crippen molar-refractivity contribution in [3.8, 4) is 0 Å². The quantitative estimate of drug-likeness (QED) is 0.703. The van der Waals surface area contributed by atoms with E-state index in [1.165, 1.54) is 51.6 Å². The molecule has 1 aromatic rings. The van der Waals surface area contributed by atoms with Gasteiger partial charge in [0.15, 0.2) is 0 Å². The fourth-order valence-electron chi connectivity index (χ4n) is 4.70. The van der Waals surface area contributed by atoms with E-state index in [1.54, 1.807) is 11.1 Å². The number of hydrogen-bond acceptors (Lipinski definition) is 1. The van der Waals surface area contributed by atoms with Crippen LogP contribution < -0.4 is 0 Å². The molecular formula is C20H31N. The summed E-state index contributed by atoms with van der Waals surface area (Å²) in [6, 6.07) is 9.97. The molecule has 3 unspecified atom stereocenters. The molecule has 3 atom stereocenters. The second-order valence-corrected chi connectivity index (χ2v) is 7.48. The van der Waals surface area contributed by atoms with E-state index in [4.69, 9.17) is 0 Å². The highest BCUT2D eigenvalue weighted by molar-refractivity contribution is 5.39. The number of piperidine rings is 1. The lowest BCUT2D eigenvalue weighted by Crippen LogP contribution is -2.58. The molecule has 0 radical (unpaired) electrons. The van der Waals surface area contributed by atoms with E-state index < -0.39 is 0 Å². The summed E-state index contributed by atoms with van der Waals surface area (Å²) >= 11 is 0.